The topological polar surface area (TPSA) is 38.9 Å². The summed E-state index contributed by atoms with van der Waals surface area (Å²) in [6.45, 7) is 10.8. The molecule has 0 amide bonds. The zero-order valence-corrected chi connectivity index (χ0v) is 35.7. The number of aryl methyl sites for hydroxylation is 1. The van der Waals surface area contributed by atoms with E-state index in [2.05, 4.69) is 55.6 Å². The van der Waals surface area contributed by atoms with Gasteiger partial charge in [-0.1, -0.05) is 131 Å². The summed E-state index contributed by atoms with van der Waals surface area (Å²) in [7, 11) is -1.66. The summed E-state index contributed by atoms with van der Waals surface area (Å²) in [6.07, 6.45) is 1.86. The molecule has 3 nitrogen and oxygen atoms in total. The van der Waals surface area contributed by atoms with Crippen LogP contribution in [0.25, 0.3) is 55.6 Å². The Bertz CT molecular complexity index is 2820. The van der Waals surface area contributed by atoms with Gasteiger partial charge in [0.25, 0.3) is 0 Å². The number of benzene rings is 5. The van der Waals surface area contributed by atoms with Gasteiger partial charge in [0.05, 0.1) is 13.7 Å². The van der Waals surface area contributed by atoms with Crippen LogP contribution in [0.2, 0.25) is 19.6 Å². The van der Waals surface area contributed by atoms with Gasteiger partial charge >= 0.3 is 0 Å². The van der Waals surface area contributed by atoms with Crippen LogP contribution >= 0.6 is 0 Å². The molecule has 8 rings (SSSR count). The van der Waals surface area contributed by atoms with Gasteiger partial charge < -0.3 is 14.4 Å². The van der Waals surface area contributed by atoms with Crippen LogP contribution in [0.1, 0.15) is 57.1 Å². The Hall–Kier alpha value is -5.00. The number of rotatable bonds is 8. The van der Waals surface area contributed by atoms with Crippen LogP contribution in [0.15, 0.2) is 138 Å². The van der Waals surface area contributed by atoms with Gasteiger partial charge in [0.2, 0.25) is 0 Å². The molecule has 1 unspecified atom stereocenters. The fourth-order valence-electron chi connectivity index (χ4n) is 6.51. The summed E-state index contributed by atoms with van der Waals surface area (Å²) >= 11 is 0. The molecule has 0 saturated carbocycles. The van der Waals surface area contributed by atoms with Crippen molar-refractivity contribution < 1.29 is 37.1 Å². The predicted octanol–water partition coefficient (Wildman–Crippen LogP) is 13.0. The minimum atomic E-state index is -2.13. The molecule has 0 N–H and O–H groups in total. The van der Waals surface area contributed by atoms with Crippen LogP contribution in [0, 0.1) is 30.7 Å². The van der Waals surface area contributed by atoms with Crippen molar-refractivity contribution in [2.45, 2.75) is 59.5 Å². The zero-order chi connectivity index (χ0) is 43.9. The smallest absolute Gasteiger partial charge is 0.123 e. The second-order valence-electron chi connectivity index (χ2n) is 15.0. The second kappa shape index (κ2) is 17.4. The minimum absolute atomic E-state index is 0. The molecule has 0 aliphatic heterocycles. The Morgan fingerprint density at radius 3 is 2.27 bits per heavy atom. The van der Waals surface area contributed by atoms with Crippen LogP contribution in [0.3, 0.4) is 0 Å². The molecular formula is C50H47FIrN2OSi-2. The number of fused-ring (bicyclic) bond motifs is 3. The molecule has 0 spiro atoms. The van der Waals surface area contributed by atoms with Crippen molar-refractivity contribution in [3.05, 3.63) is 174 Å². The third kappa shape index (κ3) is 9.16. The third-order valence-electron chi connectivity index (χ3n) is 9.78. The van der Waals surface area contributed by atoms with Gasteiger partial charge in [-0.15, -0.1) is 53.6 Å². The van der Waals surface area contributed by atoms with E-state index in [9.17, 15) is 4.39 Å². The van der Waals surface area contributed by atoms with Gasteiger partial charge in [-0.05, 0) is 81.3 Å². The number of halogens is 1. The molecule has 285 valence electrons. The number of pyridine rings is 2. The van der Waals surface area contributed by atoms with E-state index >= 15 is 0 Å². The second-order valence-corrected chi connectivity index (χ2v) is 20.1. The van der Waals surface area contributed by atoms with Gasteiger partial charge in [0, 0.05) is 46.1 Å². The maximum atomic E-state index is 13.3. The molecule has 0 bridgehead atoms. The first kappa shape index (κ1) is 33.2. The van der Waals surface area contributed by atoms with E-state index in [4.69, 9.17) is 12.6 Å². The van der Waals surface area contributed by atoms with Gasteiger partial charge in [0.15, 0.2) is 0 Å². The molecule has 3 aromatic heterocycles. The maximum absolute atomic E-state index is 13.3. The molecule has 56 heavy (non-hydrogen) atoms. The van der Waals surface area contributed by atoms with E-state index in [0.29, 0.717) is 33.6 Å². The quantitative estimate of drug-likeness (QED) is 0.113. The first-order valence-electron chi connectivity index (χ1n) is 21.4. The van der Waals surface area contributed by atoms with E-state index in [0.717, 1.165) is 38.7 Å². The summed E-state index contributed by atoms with van der Waals surface area (Å²) in [5, 5.41) is 3.08. The summed E-state index contributed by atoms with van der Waals surface area (Å²) in [5.41, 5.74) is 8.30. The maximum Gasteiger partial charge on any atom is 0.123 e. The van der Waals surface area contributed by atoms with Crippen molar-refractivity contribution >= 4 is 35.2 Å². The van der Waals surface area contributed by atoms with Crippen LogP contribution < -0.4 is 5.19 Å². The van der Waals surface area contributed by atoms with E-state index in [1.165, 1.54) is 23.4 Å². The Morgan fingerprint density at radius 1 is 0.804 bits per heavy atom. The van der Waals surface area contributed by atoms with E-state index in [-0.39, 0.29) is 37.4 Å². The summed E-state index contributed by atoms with van der Waals surface area (Å²) in [6, 6.07) is 41.8. The molecule has 0 aliphatic rings. The van der Waals surface area contributed by atoms with Gasteiger partial charge in [-0.2, -0.15) is 0 Å². The predicted molar refractivity (Wildman–Crippen MR) is 230 cm³/mol. The van der Waals surface area contributed by atoms with Crippen molar-refractivity contribution in [3.63, 3.8) is 0 Å². The van der Waals surface area contributed by atoms with Crippen molar-refractivity contribution in [1.82, 2.24) is 9.97 Å². The average molecular weight is 937 g/mol. The Labute approximate surface area is 353 Å². The average Bonchev–Trinajstić information content (AvgIpc) is 3.62. The zero-order valence-electron chi connectivity index (χ0n) is 38.3. The molecule has 3 heterocycles. The molecular weight excluding hydrogens is 884 g/mol. The van der Waals surface area contributed by atoms with Crippen LogP contribution in [0.5, 0.6) is 0 Å². The number of nitrogens with zero attached hydrogens (tertiary/aromatic N) is 2. The Morgan fingerprint density at radius 2 is 1.57 bits per heavy atom. The first-order chi connectivity index (χ1) is 28.7. The molecule has 0 aliphatic carbocycles. The molecule has 5 aromatic carbocycles. The van der Waals surface area contributed by atoms with Crippen molar-refractivity contribution in [2.24, 2.45) is 5.92 Å². The SMILES string of the molecule is [2H]C([2H])([2H])c1c[c-]c(-c2cc(C([2H])(C)C(C)C)c([Si](C)(C)C)cn2)cc1.[2H]C([2H])(c1ccccc1)c1ccnc(-c2[c-]ccc3c2oc2cc(-c4ccc(F)cc4)ccc23)c1.[Ir]. The van der Waals surface area contributed by atoms with Crippen LogP contribution in [-0.4, -0.2) is 18.0 Å². The van der Waals surface area contributed by atoms with E-state index < -0.39 is 27.2 Å². The Balaban J connectivity index is 0.000000214. The van der Waals surface area contributed by atoms with E-state index in [1.807, 2.05) is 67.7 Å². The molecule has 6 heteroatoms. The fraction of sp³-hybridized carbons (Fsp3) is 0.200. The number of hydrogen-bond acceptors (Lipinski definition) is 3. The van der Waals surface area contributed by atoms with E-state index in [1.54, 1.807) is 54.7 Å². The molecule has 0 fully saturated rings. The van der Waals surface area contributed by atoms with Crippen molar-refractivity contribution in [2.75, 3.05) is 0 Å². The third-order valence-corrected chi connectivity index (χ3v) is 11.8. The first-order valence-corrected chi connectivity index (χ1v) is 21.9. The van der Waals surface area contributed by atoms with Crippen LogP contribution in [-0.2, 0) is 26.5 Å². The number of aromatic nitrogens is 2. The summed E-state index contributed by atoms with van der Waals surface area (Å²) < 4.78 is 68.5. The summed E-state index contributed by atoms with van der Waals surface area (Å²) in [5.74, 6) is -0.828. The van der Waals surface area contributed by atoms with Gasteiger partial charge in [-0.3, -0.25) is 0 Å². The molecule has 1 atom stereocenters. The monoisotopic (exact) mass is 937 g/mol. The van der Waals surface area contributed by atoms with Crippen molar-refractivity contribution in [3.8, 4) is 33.6 Å². The van der Waals surface area contributed by atoms with Crippen molar-refractivity contribution in [1.29, 1.82) is 0 Å². The normalized spacial score (nSPS) is 14.6. The van der Waals surface area contributed by atoms with Gasteiger partial charge in [0.1, 0.15) is 11.4 Å². The molecule has 1 radical (unpaired) electrons. The minimum Gasteiger partial charge on any atom is -0.501 e. The fourth-order valence-corrected chi connectivity index (χ4v) is 8.04. The number of furan rings is 1. The van der Waals surface area contributed by atoms with Gasteiger partial charge in [-0.25, -0.2) is 4.39 Å². The van der Waals surface area contributed by atoms with Crippen LogP contribution in [0.4, 0.5) is 4.39 Å². The standard InChI is InChI=1S/C30H19FNO.C20H28NSi.Ir/c31-24-12-9-22(10-13-24)23-11-14-25-26-7-4-8-27(30(26)33-29(25)19-23)28-18-21(15-16-32-28)17-20-5-2-1-3-6-20;1-14(2)16(4)18-12-19(17-10-8-15(3)9-11-17)21-13-20(18)22(5,6)7;/h1-7,9-16,18-19H,17H2;8-10,12-14,16H,1-7H3;/q2*-1;/i17D2;3D3,16D;. The molecule has 8 aromatic rings. The number of hydrogen-bond donors (Lipinski definition) is 0. The molecule has 0 saturated heterocycles. The Kier molecular flexibility index (Phi) is 10.3. The summed E-state index contributed by atoms with van der Waals surface area (Å²) in [4.78, 5) is 9.14. The largest absolute Gasteiger partial charge is 0.501 e.